The molecule has 1 spiro atoms. The molecule has 2 aliphatic carbocycles. The van der Waals surface area contributed by atoms with Gasteiger partial charge in [-0.15, -0.1) is 0 Å². The number of likely N-dealkylation sites (tertiary alicyclic amines) is 1. The summed E-state index contributed by atoms with van der Waals surface area (Å²) in [5.74, 6) is 1.94. The van der Waals surface area contributed by atoms with E-state index in [-0.39, 0.29) is 17.9 Å². The van der Waals surface area contributed by atoms with E-state index in [9.17, 15) is 9.59 Å². The van der Waals surface area contributed by atoms with Crippen molar-refractivity contribution in [2.45, 2.75) is 94.9 Å². The number of hydrogen-bond donors (Lipinski definition) is 2. The van der Waals surface area contributed by atoms with Crippen LogP contribution in [0.3, 0.4) is 0 Å². The number of nitrogens with one attached hydrogen (secondary N) is 2. The second-order valence-electron chi connectivity index (χ2n) is 17.5. The monoisotopic (exact) mass is 720 g/mol. The van der Waals surface area contributed by atoms with Crippen LogP contribution in [0.25, 0.3) is 0 Å². The summed E-state index contributed by atoms with van der Waals surface area (Å²) in [4.78, 5) is 29.0. The molecule has 6 heteroatoms. The number of carbonyl (C=O) groups is 2. The van der Waals surface area contributed by atoms with Crippen molar-refractivity contribution in [3.63, 3.8) is 0 Å². The molecule has 4 aromatic rings. The van der Waals surface area contributed by atoms with Crippen LogP contribution < -0.4 is 15.5 Å². The number of nitrogens with zero attached hydrogens (tertiary/aromatic N) is 2. The van der Waals surface area contributed by atoms with Crippen molar-refractivity contribution in [2.75, 3.05) is 42.9 Å². The summed E-state index contributed by atoms with van der Waals surface area (Å²) in [5, 5.41) is 5.74. The molecule has 1 saturated carbocycles. The fourth-order valence-electron chi connectivity index (χ4n) is 10.7. The van der Waals surface area contributed by atoms with Gasteiger partial charge in [0.25, 0.3) is 0 Å². The number of anilines is 2. The quantitative estimate of drug-likeness (QED) is 0.178. The molecule has 2 N–H and O–H groups in total. The topological polar surface area (TPSA) is 64.7 Å². The Morgan fingerprint density at radius 3 is 2.19 bits per heavy atom. The minimum absolute atomic E-state index is 0.177. The van der Waals surface area contributed by atoms with E-state index in [2.05, 4.69) is 124 Å². The zero-order chi connectivity index (χ0) is 36.6. The second-order valence-corrected chi connectivity index (χ2v) is 17.5. The summed E-state index contributed by atoms with van der Waals surface area (Å²) in [6, 6.07) is 36.3. The lowest BCUT2D eigenvalue weighted by Gasteiger charge is -2.55. The third-order valence-corrected chi connectivity index (χ3v) is 13.9. The molecule has 5 aliphatic rings. The number of imide groups is 1. The lowest BCUT2D eigenvalue weighted by Crippen LogP contribution is -2.58. The standard InChI is InChI=1S/C48H56N4O2/c1-33-7-17-43-39(29-33)12-18-42(37-5-3-2-4-6-37)46(43)38-10-15-41(16-11-38)52-31-48(32-52)25-21-34(22-26-48)30-51-27-23-36(24-28-51)35-8-13-40(14-9-35)49-44-19-20-45(53)50-47(44)54/h2-11,13-17,29,34,36,42,44,46,49H,12,18-28,30-32H2,1H3,(H,50,53,54). The lowest BCUT2D eigenvalue weighted by atomic mass is 9.65. The maximum atomic E-state index is 12.1. The molecule has 9 rings (SSSR count). The van der Waals surface area contributed by atoms with Gasteiger partial charge in [0.1, 0.15) is 6.04 Å². The highest BCUT2D eigenvalue weighted by molar-refractivity contribution is 6.01. The largest absolute Gasteiger partial charge is 0.374 e. The van der Waals surface area contributed by atoms with Crippen molar-refractivity contribution < 1.29 is 9.59 Å². The SMILES string of the molecule is Cc1ccc2c(c1)CCC(c1ccccc1)C2c1ccc(N2CC3(CCC(CN4CCC(c5ccc(NC6CCC(=O)NC6=O)cc5)CC4)CC3)C2)cc1. The minimum atomic E-state index is -0.337. The number of fused-ring (bicyclic) bond motifs is 1. The number of benzene rings is 4. The van der Waals surface area contributed by atoms with E-state index in [4.69, 9.17) is 0 Å². The van der Waals surface area contributed by atoms with Gasteiger partial charge in [0, 0.05) is 48.8 Å². The maximum Gasteiger partial charge on any atom is 0.249 e. The Bertz CT molecular complexity index is 1930. The summed E-state index contributed by atoms with van der Waals surface area (Å²) >= 11 is 0. The third-order valence-electron chi connectivity index (χ3n) is 13.9. The number of hydrogen-bond acceptors (Lipinski definition) is 5. The Labute approximate surface area is 321 Å². The molecule has 0 bridgehead atoms. The number of aryl methyl sites for hydroxylation is 2. The summed E-state index contributed by atoms with van der Waals surface area (Å²) in [5.41, 5.74) is 11.6. The van der Waals surface area contributed by atoms with Crippen LogP contribution in [-0.4, -0.2) is 55.5 Å². The van der Waals surface area contributed by atoms with E-state index >= 15 is 0 Å². The molecule has 4 fully saturated rings. The first-order valence-corrected chi connectivity index (χ1v) is 20.8. The van der Waals surface area contributed by atoms with E-state index in [1.54, 1.807) is 0 Å². The average molecular weight is 721 g/mol. The molecule has 3 unspecified atom stereocenters. The van der Waals surface area contributed by atoms with E-state index in [0.29, 0.717) is 36.0 Å². The Morgan fingerprint density at radius 2 is 1.46 bits per heavy atom. The van der Waals surface area contributed by atoms with Crippen LogP contribution >= 0.6 is 0 Å². The third kappa shape index (κ3) is 7.34. The molecule has 3 heterocycles. The average Bonchev–Trinajstić information content (AvgIpc) is 3.19. The van der Waals surface area contributed by atoms with Gasteiger partial charge in [0.05, 0.1) is 0 Å². The minimum Gasteiger partial charge on any atom is -0.374 e. The fourth-order valence-corrected chi connectivity index (χ4v) is 10.7. The van der Waals surface area contributed by atoms with Crippen LogP contribution in [0.2, 0.25) is 0 Å². The second kappa shape index (κ2) is 15.0. The highest BCUT2D eigenvalue weighted by Gasteiger charge is 2.45. The molecule has 54 heavy (non-hydrogen) atoms. The van der Waals surface area contributed by atoms with Crippen molar-refractivity contribution in [3.05, 3.63) is 130 Å². The van der Waals surface area contributed by atoms with Crippen molar-refractivity contribution in [1.82, 2.24) is 10.2 Å². The fraction of sp³-hybridized carbons (Fsp3) is 0.458. The van der Waals surface area contributed by atoms with Gasteiger partial charge in [-0.1, -0.05) is 78.4 Å². The summed E-state index contributed by atoms with van der Waals surface area (Å²) in [7, 11) is 0. The van der Waals surface area contributed by atoms with Gasteiger partial charge in [0.2, 0.25) is 11.8 Å². The molecule has 0 radical (unpaired) electrons. The van der Waals surface area contributed by atoms with Gasteiger partial charge in [-0.2, -0.15) is 0 Å². The Hall–Kier alpha value is -4.42. The smallest absolute Gasteiger partial charge is 0.249 e. The number of rotatable bonds is 8. The highest BCUT2D eigenvalue weighted by atomic mass is 16.2. The molecule has 280 valence electrons. The Balaban J connectivity index is 0.745. The molecule has 4 aromatic carbocycles. The molecule has 3 saturated heterocycles. The van der Waals surface area contributed by atoms with Crippen molar-refractivity contribution in [1.29, 1.82) is 0 Å². The van der Waals surface area contributed by atoms with Gasteiger partial charge >= 0.3 is 0 Å². The summed E-state index contributed by atoms with van der Waals surface area (Å²) in [6.07, 6.45) is 11.2. The predicted molar refractivity (Wildman–Crippen MR) is 218 cm³/mol. The molecule has 0 aromatic heterocycles. The maximum absolute atomic E-state index is 12.1. The molecule has 6 nitrogen and oxygen atoms in total. The van der Waals surface area contributed by atoms with Crippen LogP contribution in [0.15, 0.2) is 97.1 Å². The van der Waals surface area contributed by atoms with Gasteiger partial charge in [-0.05, 0) is 148 Å². The molecule has 2 amide bonds. The van der Waals surface area contributed by atoms with E-state index in [0.717, 1.165) is 18.0 Å². The summed E-state index contributed by atoms with van der Waals surface area (Å²) in [6.45, 7) is 8.28. The Morgan fingerprint density at radius 1 is 0.741 bits per heavy atom. The number of amides is 2. The molecule has 3 atom stereocenters. The van der Waals surface area contributed by atoms with Gasteiger partial charge in [-0.3, -0.25) is 14.9 Å². The van der Waals surface area contributed by atoms with E-state index < -0.39 is 0 Å². The first kappa shape index (κ1) is 35.3. The zero-order valence-electron chi connectivity index (χ0n) is 31.9. The van der Waals surface area contributed by atoms with Crippen LogP contribution in [0, 0.1) is 18.3 Å². The highest BCUT2D eigenvalue weighted by Crippen LogP contribution is 2.49. The normalized spacial score (nSPS) is 24.8. The van der Waals surface area contributed by atoms with Crippen molar-refractivity contribution in [2.24, 2.45) is 11.3 Å². The van der Waals surface area contributed by atoms with Crippen LogP contribution in [0.1, 0.15) is 109 Å². The lowest BCUT2D eigenvalue weighted by molar-refractivity contribution is -0.133. The number of carbonyl (C=O) groups excluding carboxylic acids is 2. The van der Waals surface area contributed by atoms with Gasteiger partial charge < -0.3 is 15.1 Å². The zero-order valence-corrected chi connectivity index (χ0v) is 31.9. The van der Waals surface area contributed by atoms with Gasteiger partial charge in [-0.25, -0.2) is 0 Å². The van der Waals surface area contributed by atoms with Crippen molar-refractivity contribution in [3.8, 4) is 0 Å². The van der Waals surface area contributed by atoms with Crippen molar-refractivity contribution >= 4 is 23.2 Å². The number of piperidine rings is 2. The molecular formula is C48H56N4O2. The molecule has 3 aliphatic heterocycles. The van der Waals surface area contributed by atoms with Crippen LogP contribution in [-0.2, 0) is 16.0 Å². The van der Waals surface area contributed by atoms with Gasteiger partial charge in [0.15, 0.2) is 0 Å². The molecular weight excluding hydrogens is 665 g/mol. The van der Waals surface area contributed by atoms with Crippen LogP contribution in [0.4, 0.5) is 11.4 Å². The Kier molecular flexibility index (Phi) is 9.81. The predicted octanol–water partition coefficient (Wildman–Crippen LogP) is 8.95. The summed E-state index contributed by atoms with van der Waals surface area (Å²) < 4.78 is 0. The first-order valence-electron chi connectivity index (χ1n) is 20.8. The van der Waals surface area contributed by atoms with E-state index in [1.165, 1.54) is 117 Å². The van der Waals surface area contributed by atoms with E-state index in [1.807, 2.05) is 0 Å². The first-order chi connectivity index (χ1) is 26.4. The van der Waals surface area contributed by atoms with Crippen LogP contribution in [0.5, 0.6) is 0 Å².